The second-order valence-corrected chi connectivity index (χ2v) is 6.10. The summed E-state index contributed by atoms with van der Waals surface area (Å²) < 4.78 is 19.4. The summed E-state index contributed by atoms with van der Waals surface area (Å²) in [6, 6.07) is 14.3. The first-order valence-electron chi connectivity index (χ1n) is 8.16. The van der Waals surface area contributed by atoms with Crippen LogP contribution in [0.2, 0.25) is 0 Å². The van der Waals surface area contributed by atoms with Gasteiger partial charge >= 0.3 is 0 Å². The minimum absolute atomic E-state index is 0.127. The maximum atomic E-state index is 13.7. The van der Waals surface area contributed by atoms with Gasteiger partial charge in [0.05, 0.1) is 5.56 Å². The maximum absolute atomic E-state index is 13.7. The molecule has 0 aliphatic rings. The van der Waals surface area contributed by atoms with Gasteiger partial charge in [-0.15, -0.1) is 0 Å². The molecule has 25 heavy (non-hydrogen) atoms. The molecule has 1 amide bonds. The van der Waals surface area contributed by atoms with E-state index < -0.39 is 0 Å². The molecule has 0 aliphatic heterocycles. The van der Waals surface area contributed by atoms with Crippen LogP contribution in [0.1, 0.15) is 33.0 Å². The Morgan fingerprint density at radius 3 is 2.36 bits per heavy atom. The molecule has 1 heterocycles. The summed E-state index contributed by atoms with van der Waals surface area (Å²) in [5.74, 6) is 0.645. The number of amides is 1. The number of carbonyl (C=O) groups is 1. The topological polar surface area (TPSA) is 42.2 Å². The second kappa shape index (κ2) is 6.93. The Balaban J connectivity index is 1.90. The molecule has 3 rings (SSSR count). The van der Waals surface area contributed by atoms with Crippen LogP contribution in [0, 0.1) is 26.6 Å². The molecule has 3 nitrogen and oxygen atoms in total. The third-order valence-electron chi connectivity index (χ3n) is 4.22. The van der Waals surface area contributed by atoms with E-state index in [1.165, 1.54) is 6.07 Å². The van der Waals surface area contributed by atoms with Crippen molar-refractivity contribution >= 4 is 5.91 Å². The molecule has 3 aromatic rings. The molecule has 1 aromatic heterocycles. The van der Waals surface area contributed by atoms with Gasteiger partial charge in [0.25, 0.3) is 5.91 Å². The monoisotopic (exact) mass is 337 g/mol. The van der Waals surface area contributed by atoms with Gasteiger partial charge in [0.15, 0.2) is 0 Å². The fraction of sp³-hybridized carbons (Fsp3) is 0.190. The van der Waals surface area contributed by atoms with E-state index in [9.17, 15) is 9.18 Å². The Labute approximate surface area is 146 Å². The molecule has 2 aromatic carbocycles. The largest absolute Gasteiger partial charge is 0.465 e. The Morgan fingerprint density at radius 2 is 1.68 bits per heavy atom. The highest BCUT2D eigenvalue weighted by molar-refractivity contribution is 6.02. The molecule has 4 heteroatoms. The summed E-state index contributed by atoms with van der Waals surface area (Å²) in [5.41, 5.74) is 3.80. The van der Waals surface area contributed by atoms with Gasteiger partial charge in [-0.1, -0.05) is 48.0 Å². The number of carbonyl (C=O) groups excluding carboxylic acids is 1. The standard InChI is InChI=1S/C21H20FNO2/c1-13-8-10-16(11-9-13)19-14(2)25-15(3)20(19)21(24)23-12-17-6-4-5-7-18(17)22/h4-11H,12H2,1-3H3,(H,23,24). The SMILES string of the molecule is Cc1ccc(-c2c(C)oc(C)c2C(=O)NCc2ccccc2F)cc1. The van der Waals surface area contributed by atoms with E-state index in [-0.39, 0.29) is 18.3 Å². The normalized spacial score (nSPS) is 10.7. The lowest BCUT2D eigenvalue weighted by atomic mass is 9.99. The van der Waals surface area contributed by atoms with Crippen LogP contribution in [0.15, 0.2) is 52.9 Å². The molecule has 0 atom stereocenters. The molecule has 0 fully saturated rings. The van der Waals surface area contributed by atoms with E-state index in [0.717, 1.165) is 16.7 Å². The lowest BCUT2D eigenvalue weighted by Gasteiger charge is -2.08. The number of halogens is 1. The van der Waals surface area contributed by atoms with Crippen molar-refractivity contribution < 1.29 is 13.6 Å². The van der Waals surface area contributed by atoms with Crippen LogP contribution in [-0.4, -0.2) is 5.91 Å². The molecule has 1 N–H and O–H groups in total. The summed E-state index contributed by atoms with van der Waals surface area (Å²) in [6.45, 7) is 5.75. The van der Waals surface area contributed by atoms with Crippen LogP contribution in [-0.2, 0) is 6.54 Å². The van der Waals surface area contributed by atoms with Crippen molar-refractivity contribution in [2.24, 2.45) is 0 Å². The fourth-order valence-corrected chi connectivity index (χ4v) is 2.93. The van der Waals surface area contributed by atoms with E-state index in [1.54, 1.807) is 25.1 Å². The molecular weight excluding hydrogens is 317 g/mol. The van der Waals surface area contributed by atoms with Gasteiger partial charge in [-0.05, 0) is 32.4 Å². The molecule has 0 saturated heterocycles. The minimum atomic E-state index is -0.332. The number of hydrogen-bond acceptors (Lipinski definition) is 2. The number of aryl methyl sites for hydroxylation is 3. The Hall–Kier alpha value is -2.88. The van der Waals surface area contributed by atoms with E-state index in [2.05, 4.69) is 5.32 Å². The zero-order valence-corrected chi connectivity index (χ0v) is 14.5. The zero-order chi connectivity index (χ0) is 18.0. The van der Waals surface area contributed by atoms with Crippen molar-refractivity contribution in [2.75, 3.05) is 0 Å². The van der Waals surface area contributed by atoms with Crippen molar-refractivity contribution in [3.8, 4) is 11.1 Å². The lowest BCUT2D eigenvalue weighted by molar-refractivity contribution is 0.0949. The lowest BCUT2D eigenvalue weighted by Crippen LogP contribution is -2.24. The summed E-state index contributed by atoms with van der Waals surface area (Å²) in [5, 5.41) is 2.79. The number of rotatable bonds is 4. The Morgan fingerprint density at radius 1 is 1.00 bits per heavy atom. The van der Waals surface area contributed by atoms with Crippen LogP contribution < -0.4 is 5.32 Å². The predicted molar refractivity (Wildman–Crippen MR) is 95.9 cm³/mol. The first-order chi connectivity index (χ1) is 12.0. The van der Waals surface area contributed by atoms with Crippen molar-refractivity contribution in [2.45, 2.75) is 27.3 Å². The molecule has 128 valence electrons. The quantitative estimate of drug-likeness (QED) is 0.732. The third-order valence-corrected chi connectivity index (χ3v) is 4.22. The number of benzene rings is 2. The smallest absolute Gasteiger partial charge is 0.255 e. The molecule has 0 radical (unpaired) electrons. The van der Waals surface area contributed by atoms with E-state index in [0.29, 0.717) is 22.6 Å². The van der Waals surface area contributed by atoms with Crippen molar-refractivity contribution in [1.29, 1.82) is 0 Å². The third kappa shape index (κ3) is 3.48. The van der Waals surface area contributed by atoms with E-state index >= 15 is 0 Å². The van der Waals surface area contributed by atoms with Crippen molar-refractivity contribution in [3.05, 3.63) is 82.6 Å². The highest BCUT2D eigenvalue weighted by atomic mass is 19.1. The van der Waals surface area contributed by atoms with E-state index in [4.69, 9.17) is 4.42 Å². The van der Waals surface area contributed by atoms with Crippen LogP contribution in [0.25, 0.3) is 11.1 Å². The van der Waals surface area contributed by atoms with Gasteiger partial charge in [-0.25, -0.2) is 4.39 Å². The van der Waals surface area contributed by atoms with Gasteiger partial charge in [-0.2, -0.15) is 0 Å². The minimum Gasteiger partial charge on any atom is -0.465 e. The van der Waals surface area contributed by atoms with Gasteiger partial charge < -0.3 is 9.73 Å². The first kappa shape index (κ1) is 17.0. The highest BCUT2D eigenvalue weighted by Gasteiger charge is 2.22. The fourth-order valence-electron chi connectivity index (χ4n) is 2.93. The predicted octanol–water partition coefficient (Wildman–Crippen LogP) is 4.94. The maximum Gasteiger partial charge on any atom is 0.255 e. The average molecular weight is 337 g/mol. The van der Waals surface area contributed by atoms with Gasteiger partial charge in [0.2, 0.25) is 0 Å². The summed E-state index contributed by atoms with van der Waals surface area (Å²) in [7, 11) is 0. The molecule has 0 aliphatic carbocycles. The van der Waals surface area contributed by atoms with Crippen molar-refractivity contribution in [3.63, 3.8) is 0 Å². The summed E-state index contributed by atoms with van der Waals surface area (Å²) >= 11 is 0. The second-order valence-electron chi connectivity index (χ2n) is 6.10. The molecule has 0 spiro atoms. The van der Waals surface area contributed by atoms with Crippen LogP contribution in [0.5, 0.6) is 0 Å². The number of nitrogens with one attached hydrogen (secondary N) is 1. The zero-order valence-electron chi connectivity index (χ0n) is 14.5. The van der Waals surface area contributed by atoms with Crippen molar-refractivity contribution in [1.82, 2.24) is 5.32 Å². The number of hydrogen-bond donors (Lipinski definition) is 1. The van der Waals surface area contributed by atoms with Gasteiger partial charge in [0, 0.05) is 17.7 Å². The summed E-state index contributed by atoms with van der Waals surface area (Å²) in [4.78, 5) is 12.7. The van der Waals surface area contributed by atoms with Crippen LogP contribution in [0.3, 0.4) is 0 Å². The Bertz CT molecular complexity index is 910. The first-order valence-corrected chi connectivity index (χ1v) is 8.16. The number of furan rings is 1. The average Bonchev–Trinajstić information content (AvgIpc) is 2.89. The van der Waals surface area contributed by atoms with Gasteiger partial charge in [-0.3, -0.25) is 4.79 Å². The molecule has 0 saturated carbocycles. The summed E-state index contributed by atoms with van der Waals surface area (Å²) in [6.07, 6.45) is 0. The molecule has 0 unspecified atom stereocenters. The highest BCUT2D eigenvalue weighted by Crippen LogP contribution is 2.32. The van der Waals surface area contributed by atoms with E-state index in [1.807, 2.05) is 38.1 Å². The molecular formula is C21H20FNO2. The van der Waals surface area contributed by atoms with Crippen LogP contribution in [0.4, 0.5) is 4.39 Å². The van der Waals surface area contributed by atoms with Crippen LogP contribution >= 0.6 is 0 Å². The van der Waals surface area contributed by atoms with Gasteiger partial charge in [0.1, 0.15) is 17.3 Å². The molecule has 0 bridgehead atoms. The Kier molecular flexibility index (Phi) is 4.70.